The van der Waals surface area contributed by atoms with Crippen LogP contribution >= 0.6 is 0 Å². The Labute approximate surface area is 219 Å². The number of ether oxygens (including phenoxy) is 4. The number of aldehydes is 1. The van der Waals surface area contributed by atoms with Gasteiger partial charge in [0.2, 0.25) is 0 Å². The van der Waals surface area contributed by atoms with Gasteiger partial charge in [-0.3, -0.25) is 4.79 Å². The molecule has 6 rings (SSSR count). The fourth-order valence-corrected chi connectivity index (χ4v) is 9.97. The molecule has 4 aliphatic carbocycles. The lowest BCUT2D eigenvalue weighted by Crippen LogP contribution is -2.64. The molecule has 0 spiro atoms. The van der Waals surface area contributed by atoms with Crippen molar-refractivity contribution in [3.8, 4) is 0 Å². The first-order chi connectivity index (χ1) is 17.3. The van der Waals surface area contributed by atoms with Crippen LogP contribution in [0.25, 0.3) is 0 Å². The number of fused-ring (bicyclic) bond motifs is 3. The number of allylic oxidation sites excluding steroid dienone is 1. The Hall–Kier alpha value is -1.32. The second-order valence-electron chi connectivity index (χ2n) is 13.6. The Morgan fingerprint density at radius 1 is 1.19 bits per heavy atom. The highest BCUT2D eigenvalue weighted by atomic mass is 16.8. The summed E-state index contributed by atoms with van der Waals surface area (Å²) < 4.78 is 24.5. The van der Waals surface area contributed by atoms with Gasteiger partial charge in [-0.05, 0) is 69.6 Å². The van der Waals surface area contributed by atoms with Gasteiger partial charge < -0.3 is 34.0 Å². The van der Waals surface area contributed by atoms with E-state index < -0.39 is 52.6 Å². The lowest BCUT2D eigenvalue weighted by atomic mass is 9.43. The van der Waals surface area contributed by atoms with Crippen molar-refractivity contribution in [1.29, 1.82) is 0 Å². The molecule has 0 radical (unpaired) electrons. The summed E-state index contributed by atoms with van der Waals surface area (Å²) in [6.45, 7) is 11.9. The molecule has 3 saturated carbocycles. The van der Waals surface area contributed by atoms with Crippen LogP contribution in [0.4, 0.5) is 0 Å². The van der Waals surface area contributed by atoms with Crippen LogP contribution in [0.15, 0.2) is 11.6 Å². The van der Waals surface area contributed by atoms with Gasteiger partial charge in [0, 0.05) is 5.41 Å². The third kappa shape index (κ3) is 3.02. The van der Waals surface area contributed by atoms with E-state index in [1.165, 1.54) is 0 Å². The summed E-state index contributed by atoms with van der Waals surface area (Å²) in [5.41, 5.74) is -2.15. The minimum atomic E-state index is -1.31. The highest BCUT2D eigenvalue weighted by molar-refractivity contribution is 5.90. The van der Waals surface area contributed by atoms with E-state index in [1.807, 2.05) is 34.6 Å². The van der Waals surface area contributed by atoms with Gasteiger partial charge in [0.25, 0.3) is 0 Å². The van der Waals surface area contributed by atoms with E-state index in [-0.39, 0.29) is 36.4 Å². The molecule has 0 unspecified atom stereocenters. The normalized spacial score (nSPS) is 53.2. The van der Waals surface area contributed by atoms with Crippen molar-refractivity contribution in [1.82, 2.24) is 0 Å². The van der Waals surface area contributed by atoms with Crippen molar-refractivity contribution in [2.75, 3.05) is 6.61 Å². The maximum absolute atomic E-state index is 13.6. The van der Waals surface area contributed by atoms with Crippen molar-refractivity contribution in [3.05, 3.63) is 11.6 Å². The van der Waals surface area contributed by atoms with E-state index in [1.54, 1.807) is 0 Å². The van der Waals surface area contributed by atoms with E-state index in [4.69, 9.17) is 18.9 Å². The van der Waals surface area contributed by atoms with Crippen molar-refractivity contribution in [2.24, 2.45) is 45.8 Å². The van der Waals surface area contributed by atoms with Crippen molar-refractivity contribution >= 4 is 12.3 Å². The fraction of sp³-hybridized carbons (Fsp3) is 0.862. The maximum Gasteiger partial charge on any atom is 0.315 e. The highest BCUT2D eigenvalue weighted by Crippen LogP contribution is 2.82. The number of hydrogen-bond donors (Lipinski definition) is 2. The maximum atomic E-state index is 13.6. The van der Waals surface area contributed by atoms with E-state index >= 15 is 0 Å². The molecule has 8 nitrogen and oxygen atoms in total. The summed E-state index contributed by atoms with van der Waals surface area (Å²) in [5, 5.41) is 22.3. The zero-order chi connectivity index (χ0) is 26.7. The molecule has 6 aliphatic rings. The molecule has 2 heterocycles. The van der Waals surface area contributed by atoms with E-state index in [9.17, 15) is 19.8 Å². The SMILES string of the molecule is CC(C)C1=C[C@@H]2C[C@]3(C=O)[C@@H]4CC[C@@H](C)[C@H]4C[C@@]2(CO[C@@H]2O[C@H](C)[C@H]4OC(C)(C)O[C@H]4[C@@H]2O)[C@]13C(=O)O. The number of aliphatic hydroxyl groups excluding tert-OH is 1. The quantitative estimate of drug-likeness (QED) is 0.406. The molecule has 2 N–H and O–H groups in total. The summed E-state index contributed by atoms with van der Waals surface area (Å²) in [6.07, 6.45) is 2.92. The van der Waals surface area contributed by atoms with Gasteiger partial charge in [-0.1, -0.05) is 38.8 Å². The summed E-state index contributed by atoms with van der Waals surface area (Å²) in [5.74, 6) is -1.04. The molecule has 5 fully saturated rings. The molecule has 4 bridgehead atoms. The molecular formula is C29H42O8. The van der Waals surface area contributed by atoms with Gasteiger partial charge in [0.05, 0.1) is 18.1 Å². The largest absolute Gasteiger partial charge is 0.481 e. The minimum absolute atomic E-state index is 0.000883. The Balaban J connectivity index is 1.39. The third-order valence-corrected chi connectivity index (χ3v) is 11.2. The van der Waals surface area contributed by atoms with Crippen LogP contribution in [-0.2, 0) is 28.5 Å². The van der Waals surface area contributed by atoms with E-state index in [0.29, 0.717) is 18.8 Å². The molecule has 12 atom stereocenters. The molecule has 0 aromatic carbocycles. The predicted octanol–water partition coefficient (Wildman–Crippen LogP) is 3.55. The van der Waals surface area contributed by atoms with Crippen LogP contribution in [0.1, 0.15) is 67.2 Å². The van der Waals surface area contributed by atoms with Gasteiger partial charge in [-0.25, -0.2) is 0 Å². The lowest BCUT2D eigenvalue weighted by Gasteiger charge is -2.58. The number of carboxylic acid groups (broad SMARTS) is 1. The number of rotatable bonds is 6. The van der Waals surface area contributed by atoms with Gasteiger partial charge in [-0.15, -0.1) is 0 Å². The third-order valence-electron chi connectivity index (χ3n) is 11.2. The number of aliphatic hydroxyl groups is 1. The first-order valence-corrected chi connectivity index (χ1v) is 14.1. The Morgan fingerprint density at radius 2 is 1.89 bits per heavy atom. The first-order valence-electron chi connectivity index (χ1n) is 14.1. The van der Waals surface area contributed by atoms with Crippen LogP contribution in [0.5, 0.6) is 0 Å². The summed E-state index contributed by atoms with van der Waals surface area (Å²) in [6, 6.07) is 0. The summed E-state index contributed by atoms with van der Waals surface area (Å²) in [7, 11) is 0. The van der Waals surface area contributed by atoms with E-state index in [0.717, 1.165) is 24.7 Å². The smallest absolute Gasteiger partial charge is 0.315 e. The standard InChI is InChI=1S/C29H42O8/c1-14(2)20-9-17-10-27(12-30)19-8-7-15(3)18(19)11-28(17,29(20,27)25(32)33)13-34-24-21(31)23-22(16(4)35-24)36-26(5,6)37-23/h9,12,14-19,21-24,31H,7-8,10-11,13H2,1-6H3,(H,32,33)/t15-,16-,17-,18-,19-,21+,22-,23+,24-,27+,28+,29+/m1/s1. The number of carboxylic acids is 1. The van der Waals surface area contributed by atoms with Gasteiger partial charge >= 0.3 is 5.97 Å². The van der Waals surface area contributed by atoms with E-state index in [2.05, 4.69) is 13.0 Å². The van der Waals surface area contributed by atoms with Crippen LogP contribution in [0.2, 0.25) is 0 Å². The molecule has 0 amide bonds. The second-order valence-corrected chi connectivity index (χ2v) is 13.6. The molecule has 206 valence electrons. The Kier molecular flexibility index (Phi) is 5.68. The zero-order valence-electron chi connectivity index (χ0n) is 22.8. The van der Waals surface area contributed by atoms with Gasteiger partial charge in [0.15, 0.2) is 12.1 Å². The summed E-state index contributed by atoms with van der Waals surface area (Å²) >= 11 is 0. The predicted molar refractivity (Wildman–Crippen MR) is 132 cm³/mol. The minimum Gasteiger partial charge on any atom is -0.481 e. The number of carbonyl (C=O) groups is 2. The molecule has 2 saturated heterocycles. The average Bonchev–Trinajstić information content (AvgIpc) is 3.50. The van der Waals surface area contributed by atoms with Crippen LogP contribution in [0, 0.1) is 45.8 Å². The summed E-state index contributed by atoms with van der Waals surface area (Å²) in [4.78, 5) is 26.7. The average molecular weight is 519 g/mol. The van der Waals surface area contributed by atoms with Crippen molar-refractivity contribution in [2.45, 2.75) is 104 Å². The second kappa shape index (κ2) is 8.10. The Morgan fingerprint density at radius 3 is 2.54 bits per heavy atom. The number of hydrogen-bond acceptors (Lipinski definition) is 7. The highest BCUT2D eigenvalue weighted by Gasteiger charge is 2.84. The van der Waals surface area contributed by atoms with Gasteiger partial charge in [0.1, 0.15) is 30.0 Å². The monoisotopic (exact) mass is 518 g/mol. The van der Waals surface area contributed by atoms with Crippen molar-refractivity contribution in [3.63, 3.8) is 0 Å². The van der Waals surface area contributed by atoms with Crippen LogP contribution in [0.3, 0.4) is 0 Å². The van der Waals surface area contributed by atoms with Gasteiger partial charge in [-0.2, -0.15) is 0 Å². The Bertz CT molecular complexity index is 1020. The molecule has 0 aromatic heterocycles. The first kappa shape index (κ1) is 25.9. The molecule has 8 heteroatoms. The molecule has 0 aromatic rings. The zero-order valence-corrected chi connectivity index (χ0v) is 22.8. The van der Waals surface area contributed by atoms with Crippen LogP contribution in [-0.4, -0.2) is 65.6 Å². The fourth-order valence-electron chi connectivity index (χ4n) is 9.97. The van der Waals surface area contributed by atoms with Crippen molar-refractivity contribution < 1.29 is 38.7 Å². The molecule has 37 heavy (non-hydrogen) atoms. The topological polar surface area (TPSA) is 112 Å². The lowest BCUT2D eigenvalue weighted by molar-refractivity contribution is -0.287. The molecule has 2 aliphatic heterocycles. The number of aliphatic carboxylic acids is 1. The van der Waals surface area contributed by atoms with Crippen LogP contribution < -0.4 is 0 Å². The molecular weight excluding hydrogens is 476 g/mol. The number of carbonyl (C=O) groups excluding carboxylic acids is 1.